The molecular weight excluding hydrogens is 220 g/mol. The highest BCUT2D eigenvalue weighted by molar-refractivity contribution is 7.80. The molecule has 4 fully saturated rings. The molecule has 4 aliphatic rings. The summed E-state index contributed by atoms with van der Waals surface area (Å²) in [4.78, 5) is 11.3. The molecule has 0 aromatic rings. The van der Waals surface area contributed by atoms with Crippen molar-refractivity contribution in [3.8, 4) is 0 Å². The van der Waals surface area contributed by atoms with Gasteiger partial charge in [0.05, 0.1) is 5.92 Å². The average molecular weight is 240 g/mol. The van der Waals surface area contributed by atoms with Gasteiger partial charge in [0.25, 0.3) is 0 Å². The van der Waals surface area contributed by atoms with Crippen LogP contribution in [0.3, 0.4) is 0 Å². The van der Waals surface area contributed by atoms with Gasteiger partial charge in [0.2, 0.25) is 0 Å². The number of hydrogen-bond donors (Lipinski definition) is 2. The lowest BCUT2D eigenvalue weighted by molar-refractivity contribution is -0.149. The van der Waals surface area contributed by atoms with E-state index in [0.717, 1.165) is 11.8 Å². The van der Waals surface area contributed by atoms with E-state index in [1.165, 1.54) is 32.1 Å². The first-order chi connectivity index (χ1) is 7.69. The van der Waals surface area contributed by atoms with Gasteiger partial charge < -0.3 is 5.11 Å². The van der Waals surface area contributed by atoms with Crippen LogP contribution in [0.2, 0.25) is 0 Å². The van der Waals surface area contributed by atoms with Gasteiger partial charge in [-0.1, -0.05) is 0 Å². The van der Waals surface area contributed by atoms with Crippen molar-refractivity contribution in [2.75, 3.05) is 5.75 Å². The van der Waals surface area contributed by atoms with Crippen LogP contribution < -0.4 is 0 Å². The van der Waals surface area contributed by atoms with Gasteiger partial charge in [-0.2, -0.15) is 12.6 Å². The van der Waals surface area contributed by atoms with Gasteiger partial charge in [-0.3, -0.25) is 4.79 Å². The molecule has 1 N–H and O–H groups in total. The molecule has 0 aromatic carbocycles. The second-order valence-electron chi connectivity index (χ2n) is 6.14. The van der Waals surface area contributed by atoms with Crippen molar-refractivity contribution in [2.45, 2.75) is 32.1 Å². The van der Waals surface area contributed by atoms with Crippen molar-refractivity contribution in [1.29, 1.82) is 0 Å². The Morgan fingerprint density at radius 1 is 1.12 bits per heavy atom. The van der Waals surface area contributed by atoms with Crippen LogP contribution in [-0.2, 0) is 4.79 Å². The highest BCUT2D eigenvalue weighted by Crippen LogP contribution is 2.58. The minimum absolute atomic E-state index is 0.196. The maximum absolute atomic E-state index is 11.3. The summed E-state index contributed by atoms with van der Waals surface area (Å²) in [6.45, 7) is 0. The molecule has 0 radical (unpaired) electrons. The van der Waals surface area contributed by atoms with Crippen LogP contribution in [0.25, 0.3) is 0 Å². The number of hydrogen-bond acceptors (Lipinski definition) is 2. The quantitative estimate of drug-likeness (QED) is 0.744. The van der Waals surface area contributed by atoms with Crippen LogP contribution in [0, 0.1) is 35.5 Å². The fourth-order valence-electron chi connectivity index (χ4n) is 4.99. The number of aliphatic carboxylic acids is 1. The predicted octanol–water partition coefficient (Wildman–Crippen LogP) is 2.69. The molecule has 16 heavy (non-hydrogen) atoms. The molecule has 4 bridgehead atoms. The van der Waals surface area contributed by atoms with Gasteiger partial charge in [-0.05, 0) is 61.7 Å². The fraction of sp³-hybridized carbons (Fsp3) is 0.923. The summed E-state index contributed by atoms with van der Waals surface area (Å²) in [6.07, 6.45) is 6.63. The minimum atomic E-state index is -0.618. The van der Waals surface area contributed by atoms with E-state index in [-0.39, 0.29) is 5.92 Å². The van der Waals surface area contributed by atoms with Crippen molar-refractivity contribution in [3.63, 3.8) is 0 Å². The third-order valence-electron chi connectivity index (χ3n) is 5.28. The molecule has 4 saturated carbocycles. The van der Waals surface area contributed by atoms with Crippen LogP contribution in [0.5, 0.6) is 0 Å². The molecule has 0 aromatic heterocycles. The van der Waals surface area contributed by atoms with Crippen molar-refractivity contribution in [2.24, 2.45) is 35.5 Å². The number of carboxylic acid groups (broad SMARTS) is 1. The summed E-state index contributed by atoms with van der Waals surface area (Å²) in [6, 6.07) is 0. The van der Waals surface area contributed by atoms with Crippen LogP contribution in [-0.4, -0.2) is 16.8 Å². The molecule has 0 saturated heterocycles. The van der Waals surface area contributed by atoms with Crippen LogP contribution in [0.1, 0.15) is 32.1 Å². The smallest absolute Gasteiger partial charge is 0.307 e. The van der Waals surface area contributed by atoms with Gasteiger partial charge in [-0.25, -0.2) is 0 Å². The van der Waals surface area contributed by atoms with Gasteiger partial charge in [0.15, 0.2) is 0 Å². The molecule has 3 heteroatoms. The number of rotatable bonds is 3. The van der Waals surface area contributed by atoms with Gasteiger partial charge in [0.1, 0.15) is 0 Å². The standard InChI is InChI=1S/C13H20O2S/c14-13(15)11(6-16)12-9-2-7-1-8(4-9)5-10(12)3-7/h7-12,16H,1-6H2,(H,14,15). The highest BCUT2D eigenvalue weighted by Gasteiger charge is 2.51. The first-order valence-corrected chi connectivity index (χ1v) is 7.16. The Hall–Kier alpha value is -0.180. The van der Waals surface area contributed by atoms with Gasteiger partial charge in [-0.15, -0.1) is 0 Å². The van der Waals surface area contributed by atoms with E-state index in [1.54, 1.807) is 0 Å². The molecule has 0 aliphatic heterocycles. The van der Waals surface area contributed by atoms with Gasteiger partial charge in [0, 0.05) is 5.75 Å². The number of carboxylic acids is 1. The lowest BCUT2D eigenvalue weighted by Gasteiger charge is -2.55. The van der Waals surface area contributed by atoms with Crippen molar-refractivity contribution in [3.05, 3.63) is 0 Å². The summed E-state index contributed by atoms with van der Waals surface area (Å²) >= 11 is 4.26. The summed E-state index contributed by atoms with van der Waals surface area (Å²) in [5, 5.41) is 9.31. The maximum atomic E-state index is 11.3. The van der Waals surface area contributed by atoms with Crippen LogP contribution in [0.4, 0.5) is 0 Å². The molecule has 1 unspecified atom stereocenters. The Balaban J connectivity index is 1.83. The Labute approximate surface area is 102 Å². The number of carbonyl (C=O) groups is 1. The first kappa shape index (κ1) is 10.9. The summed E-state index contributed by atoms with van der Waals surface area (Å²) in [5.74, 6) is 3.38. The van der Waals surface area contributed by atoms with E-state index < -0.39 is 5.97 Å². The molecule has 4 rings (SSSR count). The van der Waals surface area contributed by atoms with Crippen LogP contribution in [0.15, 0.2) is 0 Å². The SMILES string of the molecule is O=C(O)C(CS)C1C2CC3CC(C2)CC1C3. The Kier molecular flexibility index (Phi) is 2.69. The maximum Gasteiger partial charge on any atom is 0.307 e. The molecule has 0 amide bonds. The van der Waals surface area contributed by atoms with E-state index >= 15 is 0 Å². The lowest BCUT2D eigenvalue weighted by atomic mass is 9.50. The summed E-state index contributed by atoms with van der Waals surface area (Å²) in [7, 11) is 0. The predicted molar refractivity (Wildman–Crippen MR) is 65.5 cm³/mol. The van der Waals surface area contributed by atoms with E-state index in [2.05, 4.69) is 12.6 Å². The molecule has 0 spiro atoms. The summed E-state index contributed by atoms with van der Waals surface area (Å²) in [5.41, 5.74) is 0. The molecule has 4 aliphatic carbocycles. The lowest BCUT2D eigenvalue weighted by Crippen LogP contribution is -2.49. The van der Waals surface area contributed by atoms with Crippen molar-refractivity contribution in [1.82, 2.24) is 0 Å². The van der Waals surface area contributed by atoms with E-state index in [4.69, 9.17) is 0 Å². The van der Waals surface area contributed by atoms with Crippen molar-refractivity contribution < 1.29 is 9.90 Å². The van der Waals surface area contributed by atoms with E-state index in [1.807, 2.05) is 0 Å². The first-order valence-electron chi connectivity index (χ1n) is 6.52. The topological polar surface area (TPSA) is 37.3 Å². The zero-order valence-electron chi connectivity index (χ0n) is 9.51. The highest BCUT2D eigenvalue weighted by atomic mass is 32.1. The van der Waals surface area contributed by atoms with Crippen LogP contribution >= 0.6 is 12.6 Å². The van der Waals surface area contributed by atoms with Gasteiger partial charge >= 0.3 is 5.97 Å². The Bertz CT molecular complexity index is 274. The monoisotopic (exact) mass is 240 g/mol. The Morgan fingerprint density at radius 2 is 1.62 bits per heavy atom. The van der Waals surface area contributed by atoms with E-state index in [0.29, 0.717) is 23.5 Å². The zero-order valence-corrected chi connectivity index (χ0v) is 10.4. The molecule has 0 heterocycles. The normalized spacial score (nSPS) is 46.9. The average Bonchev–Trinajstić information content (AvgIpc) is 2.21. The molecule has 1 atom stereocenters. The van der Waals surface area contributed by atoms with E-state index in [9.17, 15) is 9.90 Å². The molecule has 2 nitrogen and oxygen atoms in total. The molecule has 90 valence electrons. The third kappa shape index (κ3) is 1.59. The fourth-order valence-corrected chi connectivity index (χ4v) is 5.39. The largest absolute Gasteiger partial charge is 0.481 e. The number of thiol groups is 1. The molecular formula is C13H20O2S. The second kappa shape index (κ2) is 3.94. The zero-order chi connectivity index (χ0) is 11.3. The minimum Gasteiger partial charge on any atom is -0.481 e. The second-order valence-corrected chi connectivity index (χ2v) is 6.50. The summed E-state index contributed by atoms with van der Waals surface area (Å²) < 4.78 is 0. The van der Waals surface area contributed by atoms with Crippen molar-refractivity contribution >= 4 is 18.6 Å². The Morgan fingerprint density at radius 3 is 2.00 bits per heavy atom. The third-order valence-corrected chi connectivity index (χ3v) is 5.67.